The van der Waals surface area contributed by atoms with Gasteiger partial charge in [-0.15, -0.1) is 0 Å². The van der Waals surface area contributed by atoms with Crippen LogP contribution in [0.2, 0.25) is 0 Å². The van der Waals surface area contributed by atoms with E-state index >= 15 is 0 Å². The summed E-state index contributed by atoms with van der Waals surface area (Å²) in [7, 11) is -3.10. The number of sulfonamides is 1. The molecule has 0 aliphatic carbocycles. The van der Waals surface area contributed by atoms with E-state index in [0.717, 1.165) is 0 Å². The van der Waals surface area contributed by atoms with Crippen LogP contribution in [0.4, 0.5) is 0 Å². The number of hydrogen-bond donors (Lipinski definition) is 1. The third kappa shape index (κ3) is 1.99. The molecular formula is C8H15N3O3S. The van der Waals surface area contributed by atoms with Gasteiger partial charge in [-0.05, 0) is 0 Å². The van der Waals surface area contributed by atoms with Crippen molar-refractivity contribution in [3.05, 3.63) is 0 Å². The minimum atomic E-state index is -3.10. The van der Waals surface area contributed by atoms with E-state index in [1.165, 1.54) is 10.6 Å². The van der Waals surface area contributed by atoms with Gasteiger partial charge in [-0.25, -0.2) is 8.42 Å². The van der Waals surface area contributed by atoms with Gasteiger partial charge in [0.05, 0.1) is 12.3 Å². The molecule has 2 N–H and O–H groups in total. The number of hydrogen-bond acceptors (Lipinski definition) is 4. The normalized spacial score (nSPS) is 29.6. The summed E-state index contributed by atoms with van der Waals surface area (Å²) < 4.78 is 23.6. The van der Waals surface area contributed by atoms with Crippen molar-refractivity contribution < 1.29 is 13.2 Å². The van der Waals surface area contributed by atoms with Gasteiger partial charge >= 0.3 is 0 Å². The van der Waals surface area contributed by atoms with Crippen LogP contribution in [0.5, 0.6) is 0 Å². The first kappa shape index (κ1) is 10.8. The molecule has 0 bridgehead atoms. The summed E-state index contributed by atoms with van der Waals surface area (Å²) in [6.45, 7) is 1.38. The fourth-order valence-electron chi connectivity index (χ4n) is 2.00. The van der Waals surface area contributed by atoms with Crippen molar-refractivity contribution in [2.24, 2.45) is 5.73 Å². The number of likely N-dealkylation sites (tertiary alicyclic amines) is 1. The number of amides is 1. The summed E-state index contributed by atoms with van der Waals surface area (Å²) in [6, 6.07) is -0.0643. The SMILES string of the molecule is CS(=O)(=O)N1CC(N2CC(N)CC2=O)C1. The van der Waals surface area contributed by atoms with Crippen molar-refractivity contribution in [3.63, 3.8) is 0 Å². The molecule has 2 saturated heterocycles. The van der Waals surface area contributed by atoms with E-state index in [0.29, 0.717) is 26.1 Å². The highest BCUT2D eigenvalue weighted by molar-refractivity contribution is 7.88. The van der Waals surface area contributed by atoms with Crippen LogP contribution in [0.3, 0.4) is 0 Å². The average molecular weight is 233 g/mol. The Kier molecular flexibility index (Phi) is 2.48. The minimum absolute atomic E-state index is 0.0285. The maximum Gasteiger partial charge on any atom is 0.224 e. The van der Waals surface area contributed by atoms with E-state index in [9.17, 15) is 13.2 Å². The molecule has 0 saturated carbocycles. The van der Waals surface area contributed by atoms with Gasteiger partial charge in [0, 0.05) is 32.1 Å². The van der Waals surface area contributed by atoms with Crippen molar-refractivity contribution in [1.82, 2.24) is 9.21 Å². The monoisotopic (exact) mass is 233 g/mol. The van der Waals surface area contributed by atoms with E-state index < -0.39 is 10.0 Å². The number of carbonyl (C=O) groups excluding carboxylic acids is 1. The van der Waals surface area contributed by atoms with Crippen LogP contribution in [0.25, 0.3) is 0 Å². The van der Waals surface area contributed by atoms with Crippen molar-refractivity contribution in [2.75, 3.05) is 25.9 Å². The second-order valence-electron chi connectivity index (χ2n) is 4.24. The molecule has 2 heterocycles. The molecule has 86 valence electrons. The number of nitrogens with zero attached hydrogens (tertiary/aromatic N) is 2. The molecule has 0 aromatic rings. The zero-order valence-corrected chi connectivity index (χ0v) is 9.40. The Hall–Kier alpha value is -0.660. The zero-order chi connectivity index (χ0) is 11.2. The van der Waals surface area contributed by atoms with E-state index in [1.807, 2.05) is 0 Å². The molecule has 6 nitrogen and oxygen atoms in total. The van der Waals surface area contributed by atoms with Crippen LogP contribution >= 0.6 is 0 Å². The average Bonchev–Trinajstić information content (AvgIpc) is 2.24. The van der Waals surface area contributed by atoms with Gasteiger partial charge in [0.15, 0.2) is 0 Å². The standard InChI is InChI=1S/C8H15N3O3S/c1-15(13,14)10-4-7(5-10)11-3-6(9)2-8(11)12/h6-7H,2-5,9H2,1H3. The fourth-order valence-corrected chi connectivity index (χ4v) is 2.88. The second kappa shape index (κ2) is 3.43. The van der Waals surface area contributed by atoms with Gasteiger partial charge in [-0.2, -0.15) is 4.31 Å². The topological polar surface area (TPSA) is 83.7 Å². The van der Waals surface area contributed by atoms with E-state index in [2.05, 4.69) is 0 Å². The first-order valence-electron chi connectivity index (χ1n) is 4.88. The van der Waals surface area contributed by atoms with Crippen molar-refractivity contribution in [3.8, 4) is 0 Å². The molecule has 2 fully saturated rings. The molecule has 0 aromatic heterocycles. The third-order valence-corrected chi connectivity index (χ3v) is 4.16. The lowest BCUT2D eigenvalue weighted by Gasteiger charge is -2.42. The molecule has 0 aromatic carbocycles. The third-order valence-electron chi connectivity index (χ3n) is 2.93. The van der Waals surface area contributed by atoms with E-state index in [-0.39, 0.29) is 18.0 Å². The van der Waals surface area contributed by atoms with Crippen LogP contribution < -0.4 is 5.73 Å². The quantitative estimate of drug-likeness (QED) is 0.609. The number of nitrogens with two attached hydrogens (primary N) is 1. The summed E-state index contributed by atoms with van der Waals surface area (Å²) in [5, 5.41) is 0. The molecule has 1 unspecified atom stereocenters. The lowest BCUT2D eigenvalue weighted by molar-refractivity contribution is -0.131. The lowest BCUT2D eigenvalue weighted by Crippen LogP contribution is -2.61. The molecule has 2 aliphatic heterocycles. The highest BCUT2D eigenvalue weighted by atomic mass is 32.2. The summed E-state index contributed by atoms with van der Waals surface area (Å²) in [4.78, 5) is 13.2. The predicted octanol–water partition coefficient (Wildman–Crippen LogP) is -1.81. The van der Waals surface area contributed by atoms with Gasteiger partial charge in [-0.1, -0.05) is 0 Å². The van der Waals surface area contributed by atoms with Crippen molar-refractivity contribution in [1.29, 1.82) is 0 Å². The molecule has 2 aliphatic rings. The molecule has 0 radical (unpaired) electrons. The van der Waals surface area contributed by atoms with Crippen LogP contribution in [0.15, 0.2) is 0 Å². The molecule has 7 heteroatoms. The Bertz CT molecular complexity index is 375. The van der Waals surface area contributed by atoms with Crippen molar-refractivity contribution in [2.45, 2.75) is 18.5 Å². The van der Waals surface area contributed by atoms with Crippen LogP contribution in [-0.4, -0.2) is 61.5 Å². The second-order valence-corrected chi connectivity index (χ2v) is 6.23. The molecule has 0 spiro atoms. The maximum atomic E-state index is 11.5. The van der Waals surface area contributed by atoms with Gasteiger partial charge in [-0.3, -0.25) is 4.79 Å². The Balaban J connectivity index is 1.93. The highest BCUT2D eigenvalue weighted by Gasteiger charge is 2.41. The zero-order valence-electron chi connectivity index (χ0n) is 8.59. The smallest absolute Gasteiger partial charge is 0.224 e. The fraction of sp³-hybridized carbons (Fsp3) is 0.875. The Morgan fingerprint density at radius 1 is 1.33 bits per heavy atom. The Morgan fingerprint density at radius 3 is 2.33 bits per heavy atom. The first-order valence-corrected chi connectivity index (χ1v) is 6.73. The van der Waals surface area contributed by atoms with Crippen molar-refractivity contribution >= 4 is 15.9 Å². The molecular weight excluding hydrogens is 218 g/mol. The minimum Gasteiger partial charge on any atom is -0.335 e. The lowest BCUT2D eigenvalue weighted by atomic mass is 10.1. The Morgan fingerprint density at radius 2 is 1.93 bits per heavy atom. The molecule has 1 amide bonds. The summed E-state index contributed by atoms with van der Waals surface area (Å²) in [5.41, 5.74) is 5.66. The van der Waals surface area contributed by atoms with Crippen LogP contribution in [-0.2, 0) is 14.8 Å². The van der Waals surface area contributed by atoms with Gasteiger partial charge in [0.2, 0.25) is 15.9 Å². The van der Waals surface area contributed by atoms with Gasteiger partial charge < -0.3 is 10.6 Å². The van der Waals surface area contributed by atoms with Crippen LogP contribution in [0.1, 0.15) is 6.42 Å². The van der Waals surface area contributed by atoms with E-state index in [1.54, 1.807) is 4.90 Å². The molecule has 1 atom stereocenters. The van der Waals surface area contributed by atoms with Gasteiger partial charge in [0.25, 0.3) is 0 Å². The summed E-state index contributed by atoms with van der Waals surface area (Å²) in [6.07, 6.45) is 1.57. The first-order chi connectivity index (χ1) is 6.88. The van der Waals surface area contributed by atoms with Gasteiger partial charge in [0.1, 0.15) is 0 Å². The summed E-state index contributed by atoms with van der Waals surface area (Å²) in [5.74, 6) is 0.0423. The maximum absolute atomic E-state index is 11.5. The van der Waals surface area contributed by atoms with E-state index in [4.69, 9.17) is 5.73 Å². The molecule has 2 rings (SSSR count). The predicted molar refractivity (Wildman–Crippen MR) is 54.5 cm³/mol. The summed E-state index contributed by atoms with van der Waals surface area (Å²) >= 11 is 0. The Labute approximate surface area is 89.1 Å². The largest absolute Gasteiger partial charge is 0.335 e. The molecule has 15 heavy (non-hydrogen) atoms. The van der Waals surface area contributed by atoms with Crippen LogP contribution in [0, 0.1) is 0 Å². The number of rotatable bonds is 2. The highest BCUT2D eigenvalue weighted by Crippen LogP contribution is 2.22. The number of carbonyl (C=O) groups is 1.